The molecule has 1 atom stereocenters. The minimum Gasteiger partial charge on any atom is -0.415 e. The van der Waals surface area contributed by atoms with E-state index in [-0.39, 0.29) is 10.6 Å². The Labute approximate surface area is 109 Å². The molecule has 6 heteroatoms. The van der Waals surface area contributed by atoms with E-state index in [9.17, 15) is 14.3 Å². The number of benzene rings is 1. The minimum atomic E-state index is -1.48. The molecule has 18 heavy (non-hydrogen) atoms. The number of nitrogens with zero attached hydrogens (tertiary/aromatic N) is 1. The second-order valence-corrected chi connectivity index (χ2v) is 4.51. The van der Waals surface area contributed by atoms with Gasteiger partial charge >= 0.3 is 6.09 Å². The molecule has 1 aliphatic heterocycles. The molecule has 1 aliphatic rings. The lowest BCUT2D eigenvalue weighted by molar-refractivity contribution is -0.0654. The highest BCUT2D eigenvalue weighted by Gasteiger charge is 2.22. The first kappa shape index (κ1) is 13.1. The van der Waals surface area contributed by atoms with Gasteiger partial charge < -0.3 is 14.7 Å². The van der Waals surface area contributed by atoms with Crippen LogP contribution in [-0.2, 0) is 4.74 Å². The van der Waals surface area contributed by atoms with Crippen LogP contribution in [0.5, 0.6) is 0 Å². The molecule has 0 aliphatic carbocycles. The molecular formula is C12H13ClFNO3. The molecule has 1 saturated heterocycles. The number of amides is 1. The van der Waals surface area contributed by atoms with Crippen molar-refractivity contribution >= 4 is 17.7 Å². The van der Waals surface area contributed by atoms with Gasteiger partial charge in [-0.2, -0.15) is 0 Å². The van der Waals surface area contributed by atoms with Crippen LogP contribution in [0.1, 0.15) is 24.7 Å². The Balaban J connectivity index is 2.00. The quantitative estimate of drug-likeness (QED) is 0.843. The van der Waals surface area contributed by atoms with Crippen molar-refractivity contribution in [3.63, 3.8) is 0 Å². The van der Waals surface area contributed by atoms with E-state index in [4.69, 9.17) is 16.3 Å². The number of ether oxygens (including phenoxy) is 1. The molecule has 1 unspecified atom stereocenters. The topological polar surface area (TPSA) is 49.8 Å². The number of hydrogen-bond acceptors (Lipinski definition) is 3. The molecule has 0 bridgehead atoms. The van der Waals surface area contributed by atoms with Crippen molar-refractivity contribution in [2.45, 2.75) is 19.1 Å². The number of carbonyl (C=O) groups is 1. The van der Waals surface area contributed by atoms with Crippen molar-refractivity contribution in [2.75, 3.05) is 13.1 Å². The second kappa shape index (κ2) is 5.54. The Morgan fingerprint density at radius 2 is 2.11 bits per heavy atom. The number of aliphatic hydroxyl groups excluding tert-OH is 1. The molecule has 98 valence electrons. The van der Waals surface area contributed by atoms with Crippen LogP contribution < -0.4 is 0 Å². The zero-order valence-electron chi connectivity index (χ0n) is 9.60. The summed E-state index contributed by atoms with van der Waals surface area (Å²) in [6.07, 6.45) is -0.207. The predicted molar refractivity (Wildman–Crippen MR) is 63.7 cm³/mol. The summed E-state index contributed by atoms with van der Waals surface area (Å²) >= 11 is 5.52. The first-order valence-electron chi connectivity index (χ1n) is 5.66. The lowest BCUT2D eigenvalue weighted by atomic mass is 10.2. The monoisotopic (exact) mass is 273 g/mol. The van der Waals surface area contributed by atoms with Crippen molar-refractivity contribution < 1.29 is 19.0 Å². The second-order valence-electron chi connectivity index (χ2n) is 4.10. The van der Waals surface area contributed by atoms with Gasteiger partial charge in [0.1, 0.15) is 5.82 Å². The van der Waals surface area contributed by atoms with E-state index in [2.05, 4.69) is 0 Å². The maximum absolute atomic E-state index is 13.2. The van der Waals surface area contributed by atoms with Gasteiger partial charge in [-0.3, -0.25) is 0 Å². The van der Waals surface area contributed by atoms with E-state index in [1.54, 1.807) is 0 Å². The van der Waals surface area contributed by atoms with Gasteiger partial charge in [-0.15, -0.1) is 0 Å². The van der Waals surface area contributed by atoms with Gasteiger partial charge in [-0.1, -0.05) is 17.7 Å². The van der Waals surface area contributed by atoms with Gasteiger partial charge in [0, 0.05) is 18.7 Å². The Bertz CT molecular complexity index is 449. The van der Waals surface area contributed by atoms with Crippen LogP contribution in [-0.4, -0.2) is 29.2 Å². The van der Waals surface area contributed by atoms with Crippen LogP contribution in [0.15, 0.2) is 18.2 Å². The van der Waals surface area contributed by atoms with Crippen molar-refractivity contribution in [1.82, 2.24) is 4.90 Å². The zero-order valence-corrected chi connectivity index (χ0v) is 10.4. The molecule has 1 heterocycles. The minimum absolute atomic E-state index is 0.0446. The van der Waals surface area contributed by atoms with Crippen molar-refractivity contribution in [2.24, 2.45) is 0 Å². The van der Waals surface area contributed by atoms with E-state index in [0.717, 1.165) is 18.9 Å². The maximum Gasteiger partial charge on any atom is 0.412 e. The van der Waals surface area contributed by atoms with Gasteiger partial charge in [0.05, 0.1) is 5.02 Å². The lowest BCUT2D eigenvalue weighted by Crippen LogP contribution is -2.29. The molecule has 2 rings (SSSR count). The highest BCUT2D eigenvalue weighted by atomic mass is 35.5. The molecule has 4 nitrogen and oxygen atoms in total. The summed E-state index contributed by atoms with van der Waals surface area (Å²) < 4.78 is 18.0. The van der Waals surface area contributed by atoms with Crippen LogP contribution in [0.2, 0.25) is 5.02 Å². The fourth-order valence-corrected chi connectivity index (χ4v) is 1.92. The van der Waals surface area contributed by atoms with Gasteiger partial charge in [0.15, 0.2) is 0 Å². The third kappa shape index (κ3) is 2.91. The van der Waals surface area contributed by atoms with E-state index >= 15 is 0 Å². The van der Waals surface area contributed by atoms with E-state index in [0.29, 0.717) is 13.1 Å². The number of aliphatic hydroxyl groups is 1. The summed E-state index contributed by atoms with van der Waals surface area (Å²) in [5, 5.41) is 9.64. The van der Waals surface area contributed by atoms with E-state index in [1.807, 2.05) is 0 Å². The molecule has 1 N–H and O–H groups in total. The summed E-state index contributed by atoms with van der Waals surface area (Å²) in [6.45, 7) is 1.25. The first-order valence-corrected chi connectivity index (χ1v) is 6.04. The number of carbonyl (C=O) groups excluding carboxylic acids is 1. The summed E-state index contributed by atoms with van der Waals surface area (Å²) in [6, 6.07) is 3.76. The highest BCUT2D eigenvalue weighted by molar-refractivity contribution is 6.30. The predicted octanol–water partition coefficient (Wildman–Crippen LogP) is 2.70. The highest BCUT2D eigenvalue weighted by Crippen LogP contribution is 2.22. The first-order chi connectivity index (χ1) is 8.58. The fourth-order valence-electron chi connectivity index (χ4n) is 1.80. The molecular weight excluding hydrogens is 261 g/mol. The van der Waals surface area contributed by atoms with Gasteiger partial charge in [-0.25, -0.2) is 9.18 Å². The smallest absolute Gasteiger partial charge is 0.412 e. The standard InChI is InChI=1S/C12H13ClFNO3/c13-9-4-3-8(7-10(9)14)11(16)18-12(17)15-5-1-2-6-15/h3-4,7,11,16H,1-2,5-6H2. The number of rotatable bonds is 2. The average molecular weight is 274 g/mol. The Morgan fingerprint density at radius 3 is 2.72 bits per heavy atom. The zero-order chi connectivity index (χ0) is 13.1. The summed E-state index contributed by atoms with van der Waals surface area (Å²) in [5.41, 5.74) is 0.157. The number of halogens is 2. The lowest BCUT2D eigenvalue weighted by Gasteiger charge is -2.18. The number of likely N-dealkylation sites (tertiary alicyclic amines) is 1. The summed E-state index contributed by atoms with van der Waals surface area (Å²) in [5.74, 6) is -0.662. The third-order valence-electron chi connectivity index (χ3n) is 2.81. The van der Waals surface area contributed by atoms with Crippen LogP contribution in [0.4, 0.5) is 9.18 Å². The number of hydrogen-bond donors (Lipinski definition) is 1. The Morgan fingerprint density at radius 1 is 1.44 bits per heavy atom. The van der Waals surface area contributed by atoms with Crippen LogP contribution >= 0.6 is 11.6 Å². The van der Waals surface area contributed by atoms with Crippen molar-refractivity contribution in [1.29, 1.82) is 0 Å². The molecule has 1 fully saturated rings. The Hall–Kier alpha value is -1.33. The van der Waals surface area contributed by atoms with Crippen molar-refractivity contribution in [3.8, 4) is 0 Å². The van der Waals surface area contributed by atoms with Gasteiger partial charge in [0.25, 0.3) is 0 Å². The molecule has 1 aromatic carbocycles. The fraction of sp³-hybridized carbons (Fsp3) is 0.417. The molecule has 0 aromatic heterocycles. The molecule has 0 radical (unpaired) electrons. The van der Waals surface area contributed by atoms with Crippen LogP contribution in [0, 0.1) is 5.82 Å². The van der Waals surface area contributed by atoms with Crippen molar-refractivity contribution in [3.05, 3.63) is 34.6 Å². The average Bonchev–Trinajstić information content (AvgIpc) is 2.86. The molecule has 0 saturated carbocycles. The van der Waals surface area contributed by atoms with Gasteiger partial charge in [-0.05, 0) is 25.0 Å². The normalized spacial score (nSPS) is 16.7. The summed E-state index contributed by atoms with van der Waals surface area (Å²) in [4.78, 5) is 13.1. The van der Waals surface area contributed by atoms with E-state index in [1.165, 1.54) is 17.0 Å². The van der Waals surface area contributed by atoms with Gasteiger partial charge in [0.2, 0.25) is 6.29 Å². The van der Waals surface area contributed by atoms with Crippen LogP contribution in [0.3, 0.4) is 0 Å². The molecule has 1 amide bonds. The summed E-state index contributed by atoms with van der Waals surface area (Å²) in [7, 11) is 0. The van der Waals surface area contributed by atoms with Crippen LogP contribution in [0.25, 0.3) is 0 Å². The molecule has 1 aromatic rings. The Kier molecular flexibility index (Phi) is 4.04. The molecule has 0 spiro atoms. The van der Waals surface area contributed by atoms with E-state index < -0.39 is 18.2 Å². The maximum atomic E-state index is 13.2. The SMILES string of the molecule is O=C(OC(O)c1ccc(Cl)c(F)c1)N1CCCC1. The largest absolute Gasteiger partial charge is 0.415 e. The third-order valence-corrected chi connectivity index (χ3v) is 3.11.